The zero-order valence-corrected chi connectivity index (χ0v) is 12.2. The summed E-state index contributed by atoms with van der Waals surface area (Å²) in [5.74, 6) is -2.35. The number of rotatable bonds is 3. The lowest BCUT2D eigenvalue weighted by molar-refractivity contribution is -0.131. The van der Waals surface area contributed by atoms with Crippen LogP contribution in [0.3, 0.4) is 0 Å². The van der Waals surface area contributed by atoms with E-state index in [2.05, 4.69) is 0 Å². The van der Waals surface area contributed by atoms with Crippen molar-refractivity contribution in [2.75, 3.05) is 0 Å². The standard InChI is InChI=1S/C16H9ClO3S/c17-14-8-12-7-11(5-6-13(12)21-14)9-1-3-10(4-2-9)15(18)16(19)20/h1-8H,(H,19,20). The van der Waals surface area contributed by atoms with E-state index in [-0.39, 0.29) is 5.56 Å². The van der Waals surface area contributed by atoms with Crippen molar-refractivity contribution in [3.8, 4) is 11.1 Å². The maximum atomic E-state index is 11.4. The SMILES string of the molecule is O=C(O)C(=O)c1ccc(-c2ccc3sc(Cl)cc3c2)cc1. The molecule has 0 spiro atoms. The lowest BCUT2D eigenvalue weighted by Crippen LogP contribution is -2.12. The molecule has 0 saturated carbocycles. The van der Waals surface area contributed by atoms with E-state index in [1.165, 1.54) is 23.5 Å². The largest absolute Gasteiger partial charge is 0.475 e. The first-order valence-corrected chi connectivity index (χ1v) is 7.31. The summed E-state index contributed by atoms with van der Waals surface area (Å²) < 4.78 is 1.85. The van der Waals surface area contributed by atoms with Gasteiger partial charge in [-0.25, -0.2) is 4.79 Å². The van der Waals surface area contributed by atoms with Gasteiger partial charge in [-0.1, -0.05) is 41.9 Å². The Morgan fingerprint density at radius 1 is 0.952 bits per heavy atom. The number of halogens is 1. The molecule has 0 radical (unpaired) electrons. The summed E-state index contributed by atoms with van der Waals surface area (Å²) in [6.07, 6.45) is 0. The number of aliphatic carboxylic acids is 1. The zero-order valence-electron chi connectivity index (χ0n) is 10.7. The second kappa shape index (κ2) is 5.31. The highest BCUT2D eigenvalue weighted by molar-refractivity contribution is 7.22. The Morgan fingerprint density at radius 3 is 2.29 bits per heavy atom. The molecule has 5 heteroatoms. The zero-order chi connectivity index (χ0) is 15.0. The number of benzene rings is 2. The van der Waals surface area contributed by atoms with E-state index in [1.54, 1.807) is 12.1 Å². The first-order valence-electron chi connectivity index (χ1n) is 6.12. The molecule has 3 aromatic rings. The highest BCUT2D eigenvalue weighted by Crippen LogP contribution is 2.32. The third-order valence-electron chi connectivity index (χ3n) is 3.16. The summed E-state index contributed by atoms with van der Waals surface area (Å²) in [5.41, 5.74) is 2.08. The van der Waals surface area contributed by atoms with E-state index in [1.807, 2.05) is 24.3 Å². The molecule has 3 nitrogen and oxygen atoms in total. The fourth-order valence-electron chi connectivity index (χ4n) is 2.13. The minimum absolute atomic E-state index is 0.172. The second-order valence-corrected chi connectivity index (χ2v) is 6.23. The molecule has 0 unspecified atom stereocenters. The number of hydrogen-bond donors (Lipinski definition) is 1. The van der Waals surface area contributed by atoms with Gasteiger partial charge in [0, 0.05) is 10.3 Å². The molecule has 1 heterocycles. The topological polar surface area (TPSA) is 54.4 Å². The Labute approximate surface area is 129 Å². The van der Waals surface area contributed by atoms with Crippen molar-refractivity contribution < 1.29 is 14.7 Å². The molecule has 104 valence electrons. The Kier molecular flexibility index (Phi) is 3.49. The van der Waals surface area contributed by atoms with Crippen LogP contribution in [-0.2, 0) is 4.79 Å². The second-order valence-electron chi connectivity index (χ2n) is 4.51. The quantitative estimate of drug-likeness (QED) is 0.572. The maximum Gasteiger partial charge on any atom is 0.377 e. The number of hydrogen-bond acceptors (Lipinski definition) is 3. The molecule has 1 aromatic heterocycles. The van der Waals surface area contributed by atoms with E-state index in [4.69, 9.17) is 16.7 Å². The Balaban J connectivity index is 1.98. The number of carboxylic acids is 1. The number of carbonyl (C=O) groups is 2. The molecule has 0 atom stereocenters. The molecule has 0 aliphatic heterocycles. The van der Waals surface area contributed by atoms with Crippen LogP contribution in [0.2, 0.25) is 4.34 Å². The molecule has 0 aliphatic rings. The van der Waals surface area contributed by atoms with Gasteiger partial charge in [-0.15, -0.1) is 11.3 Å². The van der Waals surface area contributed by atoms with Crippen LogP contribution in [0.25, 0.3) is 21.2 Å². The summed E-state index contributed by atoms with van der Waals surface area (Å²) in [6, 6.07) is 14.4. The first kappa shape index (κ1) is 13.8. The summed E-state index contributed by atoms with van der Waals surface area (Å²) in [4.78, 5) is 22.0. The van der Waals surface area contributed by atoms with Crippen molar-refractivity contribution in [1.29, 1.82) is 0 Å². The fraction of sp³-hybridized carbons (Fsp3) is 0. The lowest BCUT2D eigenvalue weighted by atomic mass is 10.0. The monoisotopic (exact) mass is 316 g/mol. The number of ketones is 1. The van der Waals surface area contributed by atoms with E-state index >= 15 is 0 Å². The predicted molar refractivity (Wildman–Crippen MR) is 84.2 cm³/mol. The highest BCUT2D eigenvalue weighted by Gasteiger charge is 2.14. The fourth-order valence-corrected chi connectivity index (χ4v) is 3.26. The average Bonchev–Trinajstić information content (AvgIpc) is 2.85. The molecular formula is C16H9ClO3S. The Bertz CT molecular complexity index is 850. The van der Waals surface area contributed by atoms with Crippen LogP contribution >= 0.6 is 22.9 Å². The minimum Gasteiger partial charge on any atom is -0.475 e. The van der Waals surface area contributed by atoms with Crippen molar-refractivity contribution in [3.05, 3.63) is 58.4 Å². The van der Waals surface area contributed by atoms with Gasteiger partial charge >= 0.3 is 5.97 Å². The van der Waals surface area contributed by atoms with Gasteiger partial charge in [0.15, 0.2) is 0 Å². The van der Waals surface area contributed by atoms with Crippen LogP contribution in [0, 0.1) is 0 Å². The van der Waals surface area contributed by atoms with Gasteiger partial charge in [-0.3, -0.25) is 4.79 Å². The first-order chi connectivity index (χ1) is 10.0. The van der Waals surface area contributed by atoms with Crippen molar-refractivity contribution in [2.24, 2.45) is 0 Å². The molecule has 2 aromatic carbocycles. The van der Waals surface area contributed by atoms with Crippen LogP contribution in [0.4, 0.5) is 0 Å². The van der Waals surface area contributed by atoms with Crippen LogP contribution in [-0.4, -0.2) is 16.9 Å². The van der Waals surface area contributed by atoms with Gasteiger partial charge in [0.25, 0.3) is 5.78 Å². The maximum absolute atomic E-state index is 11.4. The van der Waals surface area contributed by atoms with E-state index in [0.717, 1.165) is 25.5 Å². The smallest absolute Gasteiger partial charge is 0.377 e. The molecule has 1 N–H and O–H groups in total. The normalized spacial score (nSPS) is 10.7. The van der Waals surface area contributed by atoms with Gasteiger partial charge in [0.1, 0.15) is 0 Å². The Morgan fingerprint density at radius 2 is 1.62 bits per heavy atom. The van der Waals surface area contributed by atoms with E-state index in [9.17, 15) is 9.59 Å². The number of fused-ring (bicyclic) bond motifs is 1. The van der Waals surface area contributed by atoms with Crippen molar-refractivity contribution in [2.45, 2.75) is 0 Å². The minimum atomic E-state index is -1.45. The molecule has 0 amide bonds. The van der Waals surface area contributed by atoms with Gasteiger partial charge in [0.2, 0.25) is 0 Å². The summed E-state index contributed by atoms with van der Waals surface area (Å²) in [7, 11) is 0. The molecule has 0 bridgehead atoms. The lowest BCUT2D eigenvalue weighted by Gasteiger charge is -2.03. The van der Waals surface area contributed by atoms with Crippen LogP contribution < -0.4 is 0 Å². The number of thiophene rings is 1. The summed E-state index contributed by atoms with van der Waals surface area (Å²) >= 11 is 7.51. The molecule has 0 aliphatic carbocycles. The summed E-state index contributed by atoms with van der Waals surface area (Å²) in [6.45, 7) is 0. The van der Waals surface area contributed by atoms with Crippen molar-refractivity contribution in [3.63, 3.8) is 0 Å². The van der Waals surface area contributed by atoms with Crippen molar-refractivity contribution >= 4 is 44.8 Å². The highest BCUT2D eigenvalue weighted by atomic mass is 35.5. The van der Waals surface area contributed by atoms with E-state index in [0.29, 0.717) is 0 Å². The van der Waals surface area contributed by atoms with Crippen molar-refractivity contribution in [1.82, 2.24) is 0 Å². The molecule has 0 saturated heterocycles. The molecular weight excluding hydrogens is 308 g/mol. The third kappa shape index (κ3) is 2.68. The van der Waals surface area contributed by atoms with Gasteiger partial charge in [-0.05, 0) is 34.7 Å². The molecule has 3 rings (SSSR count). The molecule has 0 fully saturated rings. The number of carbonyl (C=O) groups excluding carboxylic acids is 1. The van der Waals surface area contributed by atoms with Crippen LogP contribution in [0.1, 0.15) is 10.4 Å². The number of carboxylic acid groups (broad SMARTS) is 1. The van der Waals surface area contributed by atoms with Gasteiger partial charge in [-0.2, -0.15) is 0 Å². The van der Waals surface area contributed by atoms with Gasteiger partial charge < -0.3 is 5.11 Å². The predicted octanol–water partition coefficient (Wildman–Crippen LogP) is 4.49. The van der Waals surface area contributed by atoms with E-state index < -0.39 is 11.8 Å². The number of Topliss-reactive ketones (excluding diaryl/α,β-unsaturated/α-hetero) is 1. The third-order valence-corrected chi connectivity index (χ3v) is 4.41. The summed E-state index contributed by atoms with van der Waals surface area (Å²) in [5, 5.41) is 9.74. The van der Waals surface area contributed by atoms with Crippen LogP contribution in [0.15, 0.2) is 48.5 Å². The average molecular weight is 317 g/mol. The van der Waals surface area contributed by atoms with Gasteiger partial charge in [0.05, 0.1) is 4.34 Å². The Hall–Kier alpha value is -2.17. The molecule has 21 heavy (non-hydrogen) atoms. The van der Waals surface area contributed by atoms with Crippen LogP contribution in [0.5, 0.6) is 0 Å².